The smallest absolute Gasteiger partial charge is 0.335 e. The van der Waals surface area contributed by atoms with Crippen LogP contribution in [0.1, 0.15) is 28.5 Å². The number of aromatic carboxylic acids is 1. The lowest BCUT2D eigenvalue weighted by atomic mass is 10.1. The summed E-state index contributed by atoms with van der Waals surface area (Å²) in [6.07, 6.45) is 0.892. The van der Waals surface area contributed by atoms with Gasteiger partial charge in [0.15, 0.2) is 0 Å². The summed E-state index contributed by atoms with van der Waals surface area (Å²) in [6.45, 7) is 5.49. The normalized spacial score (nSPS) is 11.1. The quantitative estimate of drug-likeness (QED) is 0.868. The molecule has 0 bridgehead atoms. The number of aryl methyl sites for hydroxylation is 1. The molecule has 96 valence electrons. The highest BCUT2D eigenvalue weighted by Crippen LogP contribution is 2.27. The molecule has 4 nitrogen and oxygen atoms in total. The Kier molecular flexibility index (Phi) is 3.39. The largest absolute Gasteiger partial charge is 0.478 e. The van der Waals surface area contributed by atoms with Crippen molar-refractivity contribution in [2.45, 2.75) is 26.8 Å². The third kappa shape index (κ3) is 1.88. The van der Waals surface area contributed by atoms with Crippen LogP contribution in [0.5, 0.6) is 0 Å². The number of nitrogens with zero attached hydrogens (tertiary/aromatic N) is 1. The average Bonchev–Trinajstić information content (AvgIpc) is 2.62. The van der Waals surface area contributed by atoms with Gasteiger partial charge in [0.05, 0.1) is 5.56 Å². The first-order chi connectivity index (χ1) is 8.60. The summed E-state index contributed by atoms with van der Waals surface area (Å²) in [5.74, 6) is -0.886. The summed E-state index contributed by atoms with van der Waals surface area (Å²) >= 11 is 0. The second kappa shape index (κ2) is 4.82. The predicted molar refractivity (Wildman–Crippen MR) is 72.1 cm³/mol. The Labute approximate surface area is 106 Å². The summed E-state index contributed by atoms with van der Waals surface area (Å²) in [4.78, 5) is 11.0. The maximum atomic E-state index is 11.0. The van der Waals surface area contributed by atoms with Crippen LogP contribution >= 0.6 is 0 Å². The fourth-order valence-corrected chi connectivity index (χ4v) is 2.55. The lowest BCUT2D eigenvalue weighted by Crippen LogP contribution is -2.11. The van der Waals surface area contributed by atoms with E-state index in [0.717, 1.165) is 23.9 Å². The van der Waals surface area contributed by atoms with E-state index in [-0.39, 0.29) is 0 Å². The molecule has 2 rings (SSSR count). The fourth-order valence-electron chi connectivity index (χ4n) is 2.55. The summed E-state index contributed by atoms with van der Waals surface area (Å²) in [5, 5.41) is 10.1. The van der Waals surface area contributed by atoms with Crippen LogP contribution in [0.2, 0.25) is 0 Å². The molecule has 0 unspecified atom stereocenters. The SMILES string of the molecule is CCc1c(C)n(CCN)c2ccc(C(=O)O)cc12. The zero-order valence-corrected chi connectivity index (χ0v) is 10.7. The van der Waals surface area contributed by atoms with Crippen LogP contribution in [0.4, 0.5) is 0 Å². The van der Waals surface area contributed by atoms with E-state index in [4.69, 9.17) is 10.8 Å². The van der Waals surface area contributed by atoms with Gasteiger partial charge in [-0.05, 0) is 37.1 Å². The molecule has 0 aliphatic carbocycles. The van der Waals surface area contributed by atoms with Crippen molar-refractivity contribution in [1.82, 2.24) is 4.57 Å². The van der Waals surface area contributed by atoms with Crippen molar-refractivity contribution in [2.75, 3.05) is 6.54 Å². The molecule has 18 heavy (non-hydrogen) atoms. The van der Waals surface area contributed by atoms with E-state index in [1.54, 1.807) is 12.1 Å². The van der Waals surface area contributed by atoms with E-state index >= 15 is 0 Å². The number of fused-ring (bicyclic) bond motifs is 1. The van der Waals surface area contributed by atoms with Gasteiger partial charge in [0.25, 0.3) is 0 Å². The highest BCUT2D eigenvalue weighted by Gasteiger charge is 2.14. The maximum Gasteiger partial charge on any atom is 0.335 e. The number of hydrogen-bond acceptors (Lipinski definition) is 2. The Bertz CT molecular complexity index is 599. The van der Waals surface area contributed by atoms with Gasteiger partial charge >= 0.3 is 5.97 Å². The molecule has 1 aromatic carbocycles. The molecular weight excluding hydrogens is 228 g/mol. The molecule has 0 spiro atoms. The van der Waals surface area contributed by atoms with Crippen LogP contribution in [-0.4, -0.2) is 22.2 Å². The van der Waals surface area contributed by atoms with Crippen molar-refractivity contribution in [3.05, 3.63) is 35.0 Å². The Morgan fingerprint density at radius 3 is 2.72 bits per heavy atom. The van der Waals surface area contributed by atoms with E-state index in [0.29, 0.717) is 12.1 Å². The zero-order chi connectivity index (χ0) is 13.3. The Balaban J connectivity index is 2.73. The summed E-state index contributed by atoms with van der Waals surface area (Å²) in [5.41, 5.74) is 9.43. The lowest BCUT2D eigenvalue weighted by molar-refractivity contribution is 0.0697. The van der Waals surface area contributed by atoms with Crippen molar-refractivity contribution in [1.29, 1.82) is 0 Å². The monoisotopic (exact) mass is 246 g/mol. The number of benzene rings is 1. The van der Waals surface area contributed by atoms with Crippen LogP contribution in [0.15, 0.2) is 18.2 Å². The molecule has 0 radical (unpaired) electrons. The summed E-state index contributed by atoms with van der Waals surface area (Å²) in [6, 6.07) is 5.29. The van der Waals surface area contributed by atoms with E-state index < -0.39 is 5.97 Å². The molecule has 1 aromatic heterocycles. The van der Waals surface area contributed by atoms with Crippen molar-refractivity contribution in [3.63, 3.8) is 0 Å². The van der Waals surface area contributed by atoms with Crippen molar-refractivity contribution in [2.24, 2.45) is 5.73 Å². The Hall–Kier alpha value is -1.81. The maximum absolute atomic E-state index is 11.0. The lowest BCUT2D eigenvalue weighted by Gasteiger charge is -2.06. The first-order valence-electron chi connectivity index (χ1n) is 6.15. The molecule has 3 N–H and O–H groups in total. The van der Waals surface area contributed by atoms with E-state index in [2.05, 4.69) is 18.4 Å². The van der Waals surface area contributed by atoms with Crippen LogP contribution < -0.4 is 5.73 Å². The first-order valence-corrected chi connectivity index (χ1v) is 6.15. The third-order valence-corrected chi connectivity index (χ3v) is 3.41. The minimum atomic E-state index is -0.886. The van der Waals surface area contributed by atoms with Crippen LogP contribution in [0, 0.1) is 6.92 Å². The van der Waals surface area contributed by atoms with Crippen LogP contribution in [-0.2, 0) is 13.0 Å². The van der Waals surface area contributed by atoms with Crippen molar-refractivity contribution >= 4 is 16.9 Å². The molecule has 0 aliphatic rings. The number of rotatable bonds is 4. The van der Waals surface area contributed by atoms with Gasteiger partial charge in [-0.1, -0.05) is 6.92 Å². The number of carbonyl (C=O) groups is 1. The topological polar surface area (TPSA) is 68.2 Å². The number of hydrogen-bond donors (Lipinski definition) is 2. The van der Waals surface area contributed by atoms with E-state index in [1.165, 1.54) is 11.3 Å². The second-order valence-corrected chi connectivity index (χ2v) is 4.39. The van der Waals surface area contributed by atoms with E-state index in [9.17, 15) is 4.79 Å². The number of nitrogens with two attached hydrogens (primary N) is 1. The first kappa shape index (κ1) is 12.6. The Morgan fingerprint density at radius 1 is 1.44 bits per heavy atom. The number of carboxylic acids is 1. The summed E-state index contributed by atoms with van der Waals surface area (Å²) < 4.78 is 2.17. The van der Waals surface area contributed by atoms with Crippen molar-refractivity contribution < 1.29 is 9.90 Å². The second-order valence-electron chi connectivity index (χ2n) is 4.39. The average molecular weight is 246 g/mol. The zero-order valence-electron chi connectivity index (χ0n) is 10.7. The fraction of sp³-hybridized carbons (Fsp3) is 0.357. The molecule has 0 fully saturated rings. The predicted octanol–water partition coefficient (Wildman–Crippen LogP) is 2.17. The van der Waals surface area contributed by atoms with Gasteiger partial charge in [0.1, 0.15) is 0 Å². The molecule has 0 amide bonds. The van der Waals surface area contributed by atoms with Gasteiger partial charge in [-0.2, -0.15) is 0 Å². The van der Waals surface area contributed by atoms with Gasteiger partial charge in [0.2, 0.25) is 0 Å². The Morgan fingerprint density at radius 2 is 2.17 bits per heavy atom. The minimum Gasteiger partial charge on any atom is -0.478 e. The molecule has 2 aromatic rings. The molecule has 4 heteroatoms. The van der Waals surface area contributed by atoms with Gasteiger partial charge in [-0.15, -0.1) is 0 Å². The molecule has 0 saturated heterocycles. The third-order valence-electron chi connectivity index (χ3n) is 3.41. The van der Waals surface area contributed by atoms with Gasteiger partial charge in [-0.3, -0.25) is 0 Å². The molecule has 1 heterocycles. The van der Waals surface area contributed by atoms with E-state index in [1.807, 2.05) is 6.07 Å². The van der Waals surface area contributed by atoms with Gasteiger partial charge in [-0.25, -0.2) is 4.79 Å². The van der Waals surface area contributed by atoms with Gasteiger partial charge in [0, 0.05) is 29.7 Å². The van der Waals surface area contributed by atoms with Crippen molar-refractivity contribution in [3.8, 4) is 0 Å². The van der Waals surface area contributed by atoms with Gasteiger partial charge < -0.3 is 15.4 Å². The molecule has 0 aliphatic heterocycles. The van der Waals surface area contributed by atoms with Crippen LogP contribution in [0.3, 0.4) is 0 Å². The molecule has 0 atom stereocenters. The van der Waals surface area contributed by atoms with Crippen LogP contribution in [0.25, 0.3) is 10.9 Å². The highest BCUT2D eigenvalue weighted by atomic mass is 16.4. The summed E-state index contributed by atoms with van der Waals surface area (Å²) in [7, 11) is 0. The number of carboxylic acid groups (broad SMARTS) is 1. The minimum absolute atomic E-state index is 0.335. The standard InChI is InChI=1S/C14H18N2O2/c1-3-11-9(2)16(7-6-15)13-5-4-10(14(17)18)8-12(11)13/h4-5,8H,3,6-7,15H2,1-2H3,(H,17,18). The molecule has 0 saturated carbocycles. The highest BCUT2D eigenvalue weighted by molar-refractivity contribution is 5.95. The number of aromatic nitrogens is 1. The molecular formula is C14H18N2O2.